The van der Waals surface area contributed by atoms with E-state index in [1.165, 1.54) is 22.9 Å². The number of hydrogen-bond acceptors (Lipinski definition) is 6. The fourth-order valence-corrected chi connectivity index (χ4v) is 3.96. The maximum absolute atomic E-state index is 13.6. The van der Waals surface area contributed by atoms with Crippen LogP contribution in [-0.4, -0.2) is 55.9 Å². The summed E-state index contributed by atoms with van der Waals surface area (Å²) in [7, 11) is 0. The molecule has 0 aliphatic heterocycles. The van der Waals surface area contributed by atoms with Crippen molar-refractivity contribution in [3.05, 3.63) is 82.4 Å². The van der Waals surface area contributed by atoms with Crippen molar-refractivity contribution in [3.63, 3.8) is 0 Å². The molecule has 10 heteroatoms. The van der Waals surface area contributed by atoms with Crippen molar-refractivity contribution < 1.29 is 19.4 Å². The molecule has 2 aromatic carbocycles. The Morgan fingerprint density at radius 3 is 2.53 bits per heavy atom. The number of carboxylic acid groups (broad SMARTS) is 1. The fraction of sp³-hybridized carbons (Fsp3) is 0.231. The standard InChI is InChI=1S/C26H26FN5O4/c1-17-5-2-3-6-21(17)32-22(34)12-11-20(30-32)24-25(18-7-9-19(27)10-8-18)28-29-26(24)31(14-4-16-33)15-13-23(35)36/h2-3,5-12,33H,4,13-16H2,1H3,(H,28,29)(H,35,36). The summed E-state index contributed by atoms with van der Waals surface area (Å²) < 4.78 is 14.9. The summed E-state index contributed by atoms with van der Waals surface area (Å²) in [6.07, 6.45) is 0.258. The number of hydrogen-bond donors (Lipinski definition) is 3. The Bertz CT molecular complexity index is 1410. The van der Waals surface area contributed by atoms with Gasteiger partial charge >= 0.3 is 5.97 Å². The van der Waals surface area contributed by atoms with Crippen molar-refractivity contribution in [3.8, 4) is 28.2 Å². The van der Waals surface area contributed by atoms with E-state index in [4.69, 9.17) is 0 Å². The molecule has 9 nitrogen and oxygen atoms in total. The number of carboxylic acids is 1. The highest BCUT2D eigenvalue weighted by molar-refractivity contribution is 5.87. The Labute approximate surface area is 206 Å². The average Bonchev–Trinajstić information content (AvgIpc) is 3.30. The predicted molar refractivity (Wildman–Crippen MR) is 134 cm³/mol. The molecule has 0 saturated heterocycles. The Morgan fingerprint density at radius 1 is 1.08 bits per heavy atom. The van der Waals surface area contributed by atoms with Gasteiger partial charge in [0.25, 0.3) is 5.56 Å². The van der Waals surface area contributed by atoms with Crippen LogP contribution in [0.4, 0.5) is 10.2 Å². The lowest BCUT2D eigenvalue weighted by molar-refractivity contribution is -0.136. The van der Waals surface area contributed by atoms with E-state index in [0.717, 1.165) is 5.56 Å². The van der Waals surface area contributed by atoms with Gasteiger partial charge in [0.1, 0.15) is 5.82 Å². The number of aryl methyl sites for hydroxylation is 1. The highest BCUT2D eigenvalue weighted by Gasteiger charge is 2.24. The van der Waals surface area contributed by atoms with Gasteiger partial charge in [-0.3, -0.25) is 14.7 Å². The molecule has 0 unspecified atom stereocenters. The third-order valence-electron chi connectivity index (χ3n) is 5.76. The quantitative estimate of drug-likeness (QED) is 0.311. The Kier molecular flexibility index (Phi) is 7.55. The zero-order valence-corrected chi connectivity index (χ0v) is 19.7. The van der Waals surface area contributed by atoms with E-state index in [9.17, 15) is 24.2 Å². The van der Waals surface area contributed by atoms with Gasteiger partial charge in [0, 0.05) is 31.3 Å². The molecule has 4 aromatic rings. The first-order valence-corrected chi connectivity index (χ1v) is 11.5. The molecular weight excluding hydrogens is 465 g/mol. The number of nitrogens with zero attached hydrogens (tertiary/aromatic N) is 4. The maximum atomic E-state index is 13.6. The summed E-state index contributed by atoms with van der Waals surface area (Å²) in [5, 5.41) is 30.8. The summed E-state index contributed by atoms with van der Waals surface area (Å²) in [5.41, 5.74) is 3.31. The van der Waals surface area contributed by atoms with Crippen LogP contribution in [0.15, 0.2) is 65.5 Å². The number of carbonyl (C=O) groups is 1. The summed E-state index contributed by atoms with van der Waals surface area (Å²) >= 11 is 0. The van der Waals surface area contributed by atoms with Gasteiger partial charge in [0.05, 0.1) is 29.1 Å². The van der Waals surface area contributed by atoms with Gasteiger partial charge in [0.2, 0.25) is 0 Å². The number of aromatic amines is 1. The van der Waals surface area contributed by atoms with Gasteiger partial charge in [-0.2, -0.15) is 14.9 Å². The molecule has 0 radical (unpaired) electrons. The summed E-state index contributed by atoms with van der Waals surface area (Å²) in [5.74, 6) is -0.935. The molecule has 2 aromatic heterocycles. The summed E-state index contributed by atoms with van der Waals surface area (Å²) in [6.45, 7) is 2.30. The molecule has 0 aliphatic rings. The van der Waals surface area contributed by atoms with Crippen molar-refractivity contribution >= 4 is 11.8 Å². The number of aliphatic carboxylic acids is 1. The second-order valence-electron chi connectivity index (χ2n) is 8.27. The molecule has 0 bridgehead atoms. The zero-order valence-electron chi connectivity index (χ0n) is 19.7. The number of anilines is 1. The van der Waals surface area contributed by atoms with E-state index in [0.29, 0.717) is 47.0 Å². The summed E-state index contributed by atoms with van der Waals surface area (Å²) in [6, 6.07) is 16.2. The van der Waals surface area contributed by atoms with Gasteiger partial charge in [-0.25, -0.2) is 4.39 Å². The number of aromatic nitrogens is 4. The molecule has 36 heavy (non-hydrogen) atoms. The number of aliphatic hydroxyl groups is 1. The number of para-hydroxylation sites is 1. The van der Waals surface area contributed by atoms with Crippen LogP contribution in [-0.2, 0) is 4.79 Å². The number of benzene rings is 2. The van der Waals surface area contributed by atoms with Gasteiger partial charge in [-0.15, -0.1) is 0 Å². The molecule has 186 valence electrons. The van der Waals surface area contributed by atoms with E-state index in [1.807, 2.05) is 25.1 Å². The first-order chi connectivity index (χ1) is 17.4. The maximum Gasteiger partial charge on any atom is 0.305 e. The van der Waals surface area contributed by atoms with Crippen LogP contribution in [0, 0.1) is 12.7 Å². The van der Waals surface area contributed by atoms with Gasteiger partial charge in [-0.1, -0.05) is 18.2 Å². The van der Waals surface area contributed by atoms with Crippen molar-refractivity contribution in [2.24, 2.45) is 0 Å². The molecule has 0 spiro atoms. The zero-order chi connectivity index (χ0) is 25.7. The number of aliphatic hydroxyl groups excluding tert-OH is 1. The first-order valence-electron chi connectivity index (χ1n) is 11.5. The van der Waals surface area contributed by atoms with Crippen LogP contribution in [0.1, 0.15) is 18.4 Å². The lowest BCUT2D eigenvalue weighted by Crippen LogP contribution is -2.29. The number of rotatable bonds is 10. The molecule has 3 N–H and O–H groups in total. The monoisotopic (exact) mass is 491 g/mol. The average molecular weight is 492 g/mol. The van der Waals surface area contributed by atoms with Crippen molar-refractivity contribution in [1.82, 2.24) is 20.0 Å². The van der Waals surface area contributed by atoms with E-state index in [1.54, 1.807) is 29.2 Å². The number of halogens is 1. The highest BCUT2D eigenvalue weighted by Crippen LogP contribution is 2.37. The second-order valence-corrected chi connectivity index (χ2v) is 8.27. The van der Waals surface area contributed by atoms with E-state index in [-0.39, 0.29) is 25.1 Å². The Balaban J connectivity index is 1.91. The molecule has 0 aliphatic carbocycles. The summed E-state index contributed by atoms with van der Waals surface area (Å²) in [4.78, 5) is 25.8. The van der Waals surface area contributed by atoms with Crippen molar-refractivity contribution in [2.75, 3.05) is 24.6 Å². The fourth-order valence-electron chi connectivity index (χ4n) is 3.96. The lowest BCUT2D eigenvalue weighted by Gasteiger charge is -2.23. The third kappa shape index (κ3) is 5.33. The molecule has 0 fully saturated rings. The van der Waals surface area contributed by atoms with Gasteiger partial charge in [0.15, 0.2) is 5.82 Å². The molecule has 0 saturated carbocycles. The van der Waals surface area contributed by atoms with Crippen molar-refractivity contribution in [2.45, 2.75) is 19.8 Å². The van der Waals surface area contributed by atoms with Crippen LogP contribution >= 0.6 is 0 Å². The SMILES string of the molecule is Cc1ccccc1-n1nc(-c2c(N(CCCO)CCC(=O)O)n[nH]c2-c2ccc(F)cc2)ccc1=O. The molecule has 0 amide bonds. The van der Waals surface area contributed by atoms with Crippen LogP contribution in [0.2, 0.25) is 0 Å². The molecular formula is C26H26FN5O4. The van der Waals surface area contributed by atoms with Crippen molar-refractivity contribution in [1.29, 1.82) is 0 Å². The number of nitrogens with one attached hydrogen (secondary N) is 1. The van der Waals surface area contributed by atoms with Gasteiger partial charge < -0.3 is 15.1 Å². The Hall–Kier alpha value is -4.31. The topological polar surface area (TPSA) is 124 Å². The van der Waals surface area contributed by atoms with E-state index in [2.05, 4.69) is 15.3 Å². The normalized spacial score (nSPS) is 11.0. The minimum Gasteiger partial charge on any atom is -0.481 e. The smallest absolute Gasteiger partial charge is 0.305 e. The predicted octanol–water partition coefficient (Wildman–Crippen LogP) is 3.40. The Morgan fingerprint density at radius 2 is 1.83 bits per heavy atom. The highest BCUT2D eigenvalue weighted by atomic mass is 19.1. The van der Waals surface area contributed by atoms with E-state index < -0.39 is 11.8 Å². The minimum atomic E-state index is -0.967. The number of H-pyrrole nitrogens is 1. The van der Waals surface area contributed by atoms with Crippen LogP contribution in [0.3, 0.4) is 0 Å². The second kappa shape index (κ2) is 11.0. The molecule has 4 rings (SSSR count). The third-order valence-corrected chi connectivity index (χ3v) is 5.76. The van der Waals surface area contributed by atoms with E-state index >= 15 is 0 Å². The van der Waals surface area contributed by atoms with Gasteiger partial charge in [-0.05, 0) is 55.3 Å². The first kappa shape index (κ1) is 24.8. The van der Waals surface area contributed by atoms with Crippen LogP contribution < -0.4 is 10.5 Å². The lowest BCUT2D eigenvalue weighted by atomic mass is 10.0. The largest absolute Gasteiger partial charge is 0.481 e. The van der Waals surface area contributed by atoms with Crippen LogP contribution in [0.25, 0.3) is 28.2 Å². The van der Waals surface area contributed by atoms with Crippen LogP contribution in [0.5, 0.6) is 0 Å². The minimum absolute atomic E-state index is 0.0788. The molecule has 0 atom stereocenters. The molecule has 2 heterocycles.